The molecule has 0 spiro atoms. The topological polar surface area (TPSA) is 58.6 Å². The zero-order chi connectivity index (χ0) is 17.3. The maximum Gasteiger partial charge on any atom is 0.406 e. The molecule has 0 aliphatic carbocycles. The Labute approximate surface area is 136 Å². The van der Waals surface area contributed by atoms with Crippen LogP contribution in [0.4, 0.5) is 13.2 Å². The summed E-state index contributed by atoms with van der Waals surface area (Å²) in [5.74, 6) is -1.02. The van der Waals surface area contributed by atoms with Crippen molar-refractivity contribution in [3.63, 3.8) is 0 Å². The number of benzene rings is 1. The fourth-order valence-corrected chi connectivity index (χ4v) is 3.04. The van der Waals surface area contributed by atoms with Crippen LogP contribution in [0.25, 0.3) is 0 Å². The molecule has 2 amide bonds. The Balaban J connectivity index is 1.47. The Morgan fingerprint density at radius 2 is 2.04 bits per heavy atom. The highest BCUT2D eigenvalue weighted by Crippen LogP contribution is 2.28. The van der Waals surface area contributed by atoms with E-state index >= 15 is 0 Å². The van der Waals surface area contributed by atoms with Crippen molar-refractivity contribution in [2.24, 2.45) is 5.92 Å². The summed E-state index contributed by atoms with van der Waals surface area (Å²) >= 11 is 0. The van der Waals surface area contributed by atoms with Crippen LogP contribution in [0.15, 0.2) is 24.3 Å². The smallest absolute Gasteiger partial charge is 0.406 e. The molecule has 2 atom stereocenters. The Morgan fingerprint density at radius 3 is 2.75 bits per heavy atom. The molecular weight excluding hydrogens is 325 g/mol. The van der Waals surface area contributed by atoms with Gasteiger partial charge in [0, 0.05) is 19.4 Å². The van der Waals surface area contributed by atoms with Gasteiger partial charge in [0.05, 0.1) is 12.5 Å². The van der Waals surface area contributed by atoms with Crippen LogP contribution in [0.3, 0.4) is 0 Å². The number of halogens is 3. The molecule has 0 radical (unpaired) electrons. The van der Waals surface area contributed by atoms with Crippen LogP contribution in [0.5, 0.6) is 5.75 Å². The second-order valence-corrected chi connectivity index (χ2v) is 6.09. The summed E-state index contributed by atoms with van der Waals surface area (Å²) in [7, 11) is 0. The number of hydrogen-bond donors (Lipinski definition) is 1. The lowest BCUT2D eigenvalue weighted by Crippen LogP contribution is -2.40. The van der Waals surface area contributed by atoms with Gasteiger partial charge in [-0.15, -0.1) is 0 Å². The third kappa shape index (κ3) is 3.80. The quantitative estimate of drug-likeness (QED) is 0.903. The number of alkyl halides is 3. The number of carbonyl (C=O) groups excluding carboxylic acids is 2. The van der Waals surface area contributed by atoms with Gasteiger partial charge < -0.3 is 15.0 Å². The van der Waals surface area contributed by atoms with Crippen molar-refractivity contribution in [2.45, 2.75) is 25.1 Å². The van der Waals surface area contributed by atoms with E-state index in [0.29, 0.717) is 11.3 Å². The molecule has 2 heterocycles. The van der Waals surface area contributed by atoms with Crippen LogP contribution in [0.1, 0.15) is 12.0 Å². The van der Waals surface area contributed by atoms with Crippen molar-refractivity contribution >= 4 is 11.8 Å². The van der Waals surface area contributed by atoms with E-state index in [4.69, 9.17) is 4.74 Å². The first kappa shape index (κ1) is 16.6. The summed E-state index contributed by atoms with van der Waals surface area (Å²) in [6.45, 7) is -1.25. The van der Waals surface area contributed by atoms with Gasteiger partial charge in [0.2, 0.25) is 11.8 Å². The van der Waals surface area contributed by atoms with Crippen LogP contribution < -0.4 is 10.1 Å². The highest BCUT2D eigenvalue weighted by atomic mass is 19.4. The first-order valence-corrected chi connectivity index (χ1v) is 7.68. The molecule has 2 aliphatic heterocycles. The average Bonchev–Trinajstić information content (AvgIpc) is 3.07. The summed E-state index contributed by atoms with van der Waals surface area (Å²) in [5, 5.41) is 2.68. The lowest BCUT2D eigenvalue weighted by molar-refractivity contribution is -0.157. The van der Waals surface area contributed by atoms with E-state index in [9.17, 15) is 22.8 Å². The molecule has 1 N–H and O–H groups in total. The number of hydrogen-bond acceptors (Lipinski definition) is 3. The highest BCUT2D eigenvalue weighted by Gasteiger charge is 2.40. The van der Waals surface area contributed by atoms with Crippen molar-refractivity contribution in [3.8, 4) is 5.75 Å². The number of carbonyl (C=O) groups is 2. The minimum absolute atomic E-state index is 0.187. The molecule has 8 heteroatoms. The number of nitrogens with one attached hydrogen (secondary N) is 1. The fourth-order valence-electron chi connectivity index (χ4n) is 3.04. The van der Waals surface area contributed by atoms with Gasteiger partial charge in [0.25, 0.3) is 0 Å². The average molecular weight is 342 g/mol. The summed E-state index contributed by atoms with van der Waals surface area (Å²) in [5.41, 5.74) is 1.06. The van der Waals surface area contributed by atoms with Crippen molar-refractivity contribution in [2.75, 3.05) is 19.6 Å². The normalized spacial score (nSPS) is 23.1. The van der Waals surface area contributed by atoms with Gasteiger partial charge in [-0.2, -0.15) is 13.2 Å². The van der Waals surface area contributed by atoms with Crippen LogP contribution in [0.2, 0.25) is 0 Å². The monoisotopic (exact) mass is 342 g/mol. The summed E-state index contributed by atoms with van der Waals surface area (Å²) in [6, 6.07) is 7.56. The largest absolute Gasteiger partial charge is 0.488 e. The molecule has 1 aromatic carbocycles. The first-order chi connectivity index (χ1) is 11.3. The maximum atomic E-state index is 12.4. The molecule has 2 aliphatic rings. The Kier molecular flexibility index (Phi) is 4.38. The van der Waals surface area contributed by atoms with Crippen molar-refractivity contribution in [3.05, 3.63) is 29.8 Å². The van der Waals surface area contributed by atoms with Gasteiger partial charge in [0.15, 0.2) is 0 Å². The van der Waals surface area contributed by atoms with Gasteiger partial charge in [-0.05, 0) is 11.6 Å². The van der Waals surface area contributed by atoms with E-state index in [1.165, 1.54) is 0 Å². The molecule has 24 heavy (non-hydrogen) atoms. The number of para-hydroxylation sites is 1. The number of fused-ring (bicyclic) bond motifs is 1. The van der Waals surface area contributed by atoms with E-state index < -0.39 is 30.5 Å². The molecular formula is C16H17F3N2O3. The summed E-state index contributed by atoms with van der Waals surface area (Å²) < 4.78 is 42.8. The Hall–Kier alpha value is -2.25. The van der Waals surface area contributed by atoms with Crippen LogP contribution >= 0.6 is 0 Å². The molecule has 0 aromatic heterocycles. The van der Waals surface area contributed by atoms with E-state index in [1.54, 1.807) is 0 Å². The highest BCUT2D eigenvalue weighted by molar-refractivity contribution is 5.89. The van der Waals surface area contributed by atoms with Crippen LogP contribution in [-0.4, -0.2) is 48.6 Å². The van der Waals surface area contributed by atoms with Crippen molar-refractivity contribution in [1.29, 1.82) is 0 Å². The van der Waals surface area contributed by atoms with Crippen molar-refractivity contribution in [1.82, 2.24) is 10.2 Å². The van der Waals surface area contributed by atoms with Gasteiger partial charge >= 0.3 is 6.18 Å². The lowest BCUT2D eigenvalue weighted by Gasteiger charge is -2.18. The second kappa shape index (κ2) is 6.33. The van der Waals surface area contributed by atoms with Gasteiger partial charge in [-0.1, -0.05) is 18.2 Å². The number of amides is 2. The Morgan fingerprint density at radius 1 is 1.29 bits per heavy atom. The summed E-state index contributed by atoms with van der Waals surface area (Å²) in [6.07, 6.45) is -4.17. The van der Waals surface area contributed by atoms with E-state index in [0.717, 1.165) is 11.3 Å². The zero-order valence-electron chi connectivity index (χ0n) is 12.8. The molecule has 5 nitrogen and oxygen atoms in total. The van der Waals surface area contributed by atoms with E-state index in [2.05, 4.69) is 5.32 Å². The standard InChI is InChI=1S/C16H17F3N2O3/c17-16(18,19)9-21-8-11(6-14(21)22)15(23)20-7-12-5-10-3-1-2-4-13(10)24-12/h1-4,11-12H,5-9H2,(H,20,23)/t11-,12-/m0/s1. The second-order valence-electron chi connectivity index (χ2n) is 6.09. The van der Waals surface area contributed by atoms with Crippen molar-refractivity contribution < 1.29 is 27.5 Å². The van der Waals surface area contributed by atoms with E-state index in [-0.39, 0.29) is 25.6 Å². The van der Waals surface area contributed by atoms with Gasteiger partial charge in [0.1, 0.15) is 18.4 Å². The molecule has 0 unspecified atom stereocenters. The molecule has 3 rings (SSSR count). The third-order valence-electron chi connectivity index (χ3n) is 4.17. The molecule has 130 valence electrons. The van der Waals surface area contributed by atoms with Gasteiger partial charge in [-0.3, -0.25) is 9.59 Å². The lowest BCUT2D eigenvalue weighted by atomic mass is 10.1. The molecule has 0 saturated carbocycles. The maximum absolute atomic E-state index is 12.4. The molecule has 1 saturated heterocycles. The number of likely N-dealkylation sites (tertiary alicyclic amines) is 1. The molecule has 1 fully saturated rings. The predicted molar refractivity (Wildman–Crippen MR) is 78.3 cm³/mol. The summed E-state index contributed by atoms with van der Waals surface area (Å²) in [4.78, 5) is 24.4. The minimum Gasteiger partial charge on any atom is -0.488 e. The number of ether oxygens (including phenoxy) is 1. The van der Waals surface area contributed by atoms with Crippen LogP contribution in [-0.2, 0) is 16.0 Å². The third-order valence-corrected chi connectivity index (χ3v) is 4.17. The molecule has 0 bridgehead atoms. The Bertz CT molecular complexity index is 623. The molecule has 1 aromatic rings. The number of rotatable bonds is 4. The van der Waals surface area contributed by atoms with E-state index in [1.807, 2.05) is 24.3 Å². The fraction of sp³-hybridized carbons (Fsp3) is 0.500. The van der Waals surface area contributed by atoms with Crippen LogP contribution in [0, 0.1) is 5.92 Å². The number of nitrogens with zero attached hydrogens (tertiary/aromatic N) is 1. The first-order valence-electron chi connectivity index (χ1n) is 7.68. The zero-order valence-corrected chi connectivity index (χ0v) is 12.8. The minimum atomic E-state index is -4.45. The van der Waals surface area contributed by atoms with Gasteiger partial charge in [-0.25, -0.2) is 0 Å². The predicted octanol–water partition coefficient (Wildman–Crippen LogP) is 1.52. The SMILES string of the molecule is O=C(NC[C@@H]1Cc2ccccc2O1)[C@H]1CC(=O)N(CC(F)(F)F)C1.